The molecule has 0 aliphatic carbocycles. The zero-order valence-corrected chi connectivity index (χ0v) is 11.1. The van der Waals surface area contributed by atoms with Crippen molar-refractivity contribution in [2.24, 2.45) is 0 Å². The van der Waals surface area contributed by atoms with Crippen LogP contribution < -0.4 is 0 Å². The van der Waals surface area contributed by atoms with E-state index in [0.29, 0.717) is 0 Å². The first-order valence-corrected chi connectivity index (χ1v) is 6.09. The van der Waals surface area contributed by atoms with Gasteiger partial charge in [0.15, 0.2) is 5.78 Å². The molecule has 2 rings (SSSR count). The molecule has 21 heavy (non-hydrogen) atoms. The van der Waals surface area contributed by atoms with E-state index in [9.17, 15) is 14.4 Å². The molecule has 5 heteroatoms. The summed E-state index contributed by atoms with van der Waals surface area (Å²) in [4.78, 5) is 30.7. The number of hydrogen-bond acceptors (Lipinski definition) is 3. The lowest BCUT2D eigenvalue weighted by molar-refractivity contribution is -0.147. The SMILES string of the molecule is O=C(O)CC(=O)O.O=C(c1ccccc1)c1ccccc1. The van der Waals surface area contributed by atoms with E-state index in [1.54, 1.807) is 0 Å². The van der Waals surface area contributed by atoms with E-state index in [1.165, 1.54) is 0 Å². The minimum atomic E-state index is -1.31. The van der Waals surface area contributed by atoms with Gasteiger partial charge in [-0.3, -0.25) is 14.4 Å². The molecule has 0 radical (unpaired) electrons. The van der Waals surface area contributed by atoms with E-state index in [0.717, 1.165) is 11.1 Å². The molecule has 0 saturated heterocycles. The summed E-state index contributed by atoms with van der Waals surface area (Å²) in [5, 5.41) is 15.4. The fraction of sp³-hybridized carbons (Fsp3) is 0.0625. The molecule has 0 unspecified atom stereocenters. The van der Waals surface area contributed by atoms with Crippen molar-refractivity contribution in [2.45, 2.75) is 6.42 Å². The molecular formula is C16H14O5. The Morgan fingerprint density at radius 1 is 0.667 bits per heavy atom. The molecule has 0 atom stereocenters. The average Bonchev–Trinajstić information content (AvgIpc) is 2.47. The lowest BCUT2D eigenvalue weighted by Crippen LogP contribution is -2.03. The summed E-state index contributed by atoms with van der Waals surface area (Å²) in [7, 11) is 0. The highest BCUT2D eigenvalue weighted by Gasteiger charge is 2.06. The van der Waals surface area contributed by atoms with Crippen molar-refractivity contribution in [1.82, 2.24) is 0 Å². The zero-order valence-electron chi connectivity index (χ0n) is 11.1. The van der Waals surface area contributed by atoms with Crippen molar-refractivity contribution in [3.8, 4) is 0 Å². The fourth-order valence-corrected chi connectivity index (χ4v) is 1.48. The van der Waals surface area contributed by atoms with Crippen molar-refractivity contribution in [2.75, 3.05) is 0 Å². The highest BCUT2D eigenvalue weighted by Crippen LogP contribution is 2.08. The number of carbonyl (C=O) groups is 3. The largest absolute Gasteiger partial charge is 0.481 e. The number of carboxylic acid groups (broad SMARTS) is 2. The van der Waals surface area contributed by atoms with Gasteiger partial charge in [0.25, 0.3) is 0 Å². The van der Waals surface area contributed by atoms with Crippen LogP contribution in [-0.2, 0) is 9.59 Å². The molecule has 2 N–H and O–H groups in total. The van der Waals surface area contributed by atoms with E-state index >= 15 is 0 Å². The van der Waals surface area contributed by atoms with Crippen molar-refractivity contribution in [1.29, 1.82) is 0 Å². The van der Waals surface area contributed by atoms with Crippen LogP contribution in [0.25, 0.3) is 0 Å². The Morgan fingerprint density at radius 2 is 1.00 bits per heavy atom. The second-order valence-corrected chi connectivity index (χ2v) is 4.03. The van der Waals surface area contributed by atoms with Crippen molar-refractivity contribution in [3.63, 3.8) is 0 Å². The molecule has 0 saturated carbocycles. The van der Waals surface area contributed by atoms with Crippen LogP contribution in [0.5, 0.6) is 0 Å². The smallest absolute Gasteiger partial charge is 0.314 e. The molecule has 0 aliphatic rings. The molecule has 0 aromatic heterocycles. The van der Waals surface area contributed by atoms with E-state index < -0.39 is 18.4 Å². The average molecular weight is 286 g/mol. The van der Waals surface area contributed by atoms with Crippen LogP contribution in [0.4, 0.5) is 0 Å². The van der Waals surface area contributed by atoms with Gasteiger partial charge in [-0.1, -0.05) is 60.7 Å². The van der Waals surface area contributed by atoms with Crippen LogP contribution in [0.3, 0.4) is 0 Å². The Labute approximate surface area is 121 Å². The van der Waals surface area contributed by atoms with Crippen LogP contribution in [0, 0.1) is 0 Å². The summed E-state index contributed by atoms with van der Waals surface area (Å²) in [5.74, 6) is -2.55. The molecule has 0 aliphatic heterocycles. The van der Waals surface area contributed by atoms with Gasteiger partial charge in [-0.2, -0.15) is 0 Å². The molecular weight excluding hydrogens is 272 g/mol. The third-order valence-electron chi connectivity index (χ3n) is 2.37. The lowest BCUT2D eigenvalue weighted by atomic mass is 10.0. The van der Waals surface area contributed by atoms with Gasteiger partial charge in [-0.25, -0.2) is 0 Å². The number of aliphatic carboxylic acids is 2. The van der Waals surface area contributed by atoms with Crippen molar-refractivity contribution in [3.05, 3.63) is 71.8 Å². The molecule has 0 fully saturated rings. The van der Waals surface area contributed by atoms with E-state index in [4.69, 9.17) is 10.2 Å². The summed E-state index contributed by atoms with van der Waals surface area (Å²) in [6, 6.07) is 18.6. The number of benzene rings is 2. The number of carbonyl (C=O) groups excluding carboxylic acids is 1. The van der Waals surface area contributed by atoms with Crippen LogP contribution >= 0.6 is 0 Å². The molecule has 108 valence electrons. The topological polar surface area (TPSA) is 91.7 Å². The highest BCUT2D eigenvalue weighted by molar-refractivity contribution is 6.08. The quantitative estimate of drug-likeness (QED) is 0.665. The Morgan fingerprint density at radius 3 is 1.24 bits per heavy atom. The number of ketones is 1. The monoisotopic (exact) mass is 286 g/mol. The number of rotatable bonds is 4. The first kappa shape index (κ1) is 16.1. The van der Waals surface area contributed by atoms with Gasteiger partial charge in [0.05, 0.1) is 0 Å². The molecule has 0 amide bonds. The second-order valence-electron chi connectivity index (χ2n) is 4.03. The first-order chi connectivity index (χ1) is 10.0. The third-order valence-corrected chi connectivity index (χ3v) is 2.37. The number of carboxylic acids is 2. The van der Waals surface area contributed by atoms with Crippen LogP contribution in [-0.4, -0.2) is 27.9 Å². The van der Waals surface area contributed by atoms with Gasteiger partial charge in [0, 0.05) is 11.1 Å². The number of hydrogen-bond donors (Lipinski definition) is 2. The maximum atomic E-state index is 11.8. The van der Waals surface area contributed by atoms with Crippen molar-refractivity contribution >= 4 is 17.7 Å². The normalized spacial score (nSPS) is 9.14. The minimum absolute atomic E-state index is 0.0752. The summed E-state index contributed by atoms with van der Waals surface area (Å²) in [5.41, 5.74) is 1.47. The van der Waals surface area contributed by atoms with Gasteiger partial charge in [0.2, 0.25) is 0 Å². The Kier molecular flexibility index (Phi) is 6.34. The second kappa shape index (κ2) is 8.27. The van der Waals surface area contributed by atoms with Gasteiger partial charge >= 0.3 is 11.9 Å². The summed E-state index contributed by atoms with van der Waals surface area (Å²) < 4.78 is 0. The van der Waals surface area contributed by atoms with E-state index in [2.05, 4.69) is 0 Å². The van der Waals surface area contributed by atoms with Crippen LogP contribution in [0.2, 0.25) is 0 Å². The molecule has 0 spiro atoms. The van der Waals surface area contributed by atoms with Crippen molar-refractivity contribution < 1.29 is 24.6 Å². The summed E-state index contributed by atoms with van der Waals surface area (Å²) in [6.45, 7) is 0. The van der Waals surface area contributed by atoms with Gasteiger partial charge in [-0.15, -0.1) is 0 Å². The Balaban J connectivity index is 0.000000270. The molecule has 5 nitrogen and oxygen atoms in total. The van der Waals surface area contributed by atoms with Gasteiger partial charge in [0.1, 0.15) is 6.42 Å². The van der Waals surface area contributed by atoms with E-state index in [-0.39, 0.29) is 5.78 Å². The van der Waals surface area contributed by atoms with Crippen LogP contribution in [0.1, 0.15) is 22.3 Å². The maximum Gasteiger partial charge on any atom is 0.314 e. The standard InChI is InChI=1S/C13H10O.C3H4O4/c14-13(11-7-3-1-4-8-11)12-9-5-2-6-10-12;4-2(5)1-3(6)7/h1-10H;1H2,(H,4,5)(H,6,7). The molecule has 2 aromatic rings. The third kappa shape index (κ3) is 6.15. The van der Waals surface area contributed by atoms with Gasteiger partial charge < -0.3 is 10.2 Å². The van der Waals surface area contributed by atoms with Gasteiger partial charge in [-0.05, 0) is 0 Å². The summed E-state index contributed by atoms with van der Waals surface area (Å²) >= 11 is 0. The van der Waals surface area contributed by atoms with E-state index in [1.807, 2.05) is 60.7 Å². The first-order valence-electron chi connectivity index (χ1n) is 6.09. The molecule has 0 heterocycles. The lowest BCUT2D eigenvalue weighted by Gasteiger charge is -1.99. The molecule has 0 bridgehead atoms. The fourth-order valence-electron chi connectivity index (χ4n) is 1.48. The van der Waals surface area contributed by atoms with Crippen LogP contribution in [0.15, 0.2) is 60.7 Å². The summed E-state index contributed by atoms with van der Waals surface area (Å²) in [6.07, 6.45) is -0.806. The Bertz CT molecular complexity index is 552. The Hall–Kier alpha value is -2.95. The zero-order chi connectivity index (χ0) is 15.7. The highest BCUT2D eigenvalue weighted by atomic mass is 16.4. The minimum Gasteiger partial charge on any atom is -0.481 e. The predicted octanol–water partition coefficient (Wildman–Crippen LogP) is 2.46. The predicted molar refractivity (Wildman–Crippen MR) is 76.2 cm³/mol. The maximum absolute atomic E-state index is 11.8. The molecule has 2 aromatic carbocycles.